The minimum absolute atomic E-state index is 0.0903. The summed E-state index contributed by atoms with van der Waals surface area (Å²) in [6.45, 7) is 18.5. The first-order chi connectivity index (χ1) is 11.0. The predicted octanol–water partition coefficient (Wildman–Crippen LogP) is 7.05. The molecule has 0 aliphatic carbocycles. The number of nitriles is 1. The third kappa shape index (κ3) is 4.85. The zero-order valence-electron chi connectivity index (χ0n) is 17.1. The molecule has 0 heterocycles. The largest absolute Gasteiger partial charge is 0.198 e. The van der Waals surface area contributed by atoms with Crippen LogP contribution in [-0.4, -0.2) is 0 Å². The Kier molecular flexibility index (Phi) is 7.09. The van der Waals surface area contributed by atoms with Crippen molar-refractivity contribution in [1.29, 1.82) is 5.26 Å². The van der Waals surface area contributed by atoms with E-state index in [1.165, 1.54) is 12.0 Å². The van der Waals surface area contributed by atoms with Crippen LogP contribution in [0.25, 0.3) is 0 Å². The van der Waals surface area contributed by atoms with E-state index in [2.05, 4.69) is 91.8 Å². The van der Waals surface area contributed by atoms with Crippen molar-refractivity contribution in [3.8, 4) is 6.07 Å². The van der Waals surface area contributed by atoms with E-state index in [4.69, 9.17) is 0 Å². The molecule has 0 saturated carbocycles. The fraction of sp³-hybridized carbons (Fsp3) is 0.696. The van der Waals surface area contributed by atoms with Gasteiger partial charge in [-0.2, -0.15) is 5.26 Å². The molecule has 0 aliphatic heterocycles. The van der Waals surface area contributed by atoms with Crippen LogP contribution in [0.2, 0.25) is 0 Å². The summed E-state index contributed by atoms with van der Waals surface area (Å²) in [7, 11) is 0. The summed E-state index contributed by atoms with van der Waals surface area (Å²) in [6.07, 6.45) is 2.13. The van der Waals surface area contributed by atoms with Gasteiger partial charge in [-0.05, 0) is 47.0 Å². The summed E-state index contributed by atoms with van der Waals surface area (Å²) in [4.78, 5) is 0. The number of benzene rings is 1. The topological polar surface area (TPSA) is 23.8 Å². The third-order valence-corrected chi connectivity index (χ3v) is 6.23. The molecular weight excluding hydrogens is 290 g/mol. The minimum atomic E-state index is 0.0903. The second kappa shape index (κ2) is 8.19. The molecule has 0 spiro atoms. The Hall–Kier alpha value is -1.29. The molecule has 1 nitrogen and oxygen atoms in total. The Bertz CT molecular complexity index is 531. The average molecular weight is 328 g/mol. The highest BCUT2D eigenvalue weighted by Gasteiger charge is 2.44. The van der Waals surface area contributed by atoms with Gasteiger partial charge in [0.1, 0.15) is 0 Å². The molecule has 0 fully saturated rings. The van der Waals surface area contributed by atoms with Gasteiger partial charge in [0.15, 0.2) is 0 Å². The van der Waals surface area contributed by atoms with Crippen LogP contribution in [0.1, 0.15) is 79.7 Å². The molecule has 2 atom stereocenters. The molecule has 0 N–H and O–H groups in total. The zero-order valence-corrected chi connectivity index (χ0v) is 17.1. The van der Waals surface area contributed by atoms with E-state index in [9.17, 15) is 5.26 Å². The summed E-state index contributed by atoms with van der Waals surface area (Å²) in [5.74, 6) is 1.68. The maximum atomic E-state index is 9.58. The Balaban J connectivity index is 3.21. The SMILES string of the molecule is CC(C)CC(c1ccccc1)C(C)(C)C(C)(C)CC(C#N)C(C)C. The number of hydrogen-bond acceptors (Lipinski definition) is 1. The number of rotatable bonds is 8. The first-order valence-corrected chi connectivity index (χ1v) is 9.47. The van der Waals surface area contributed by atoms with E-state index < -0.39 is 0 Å². The quantitative estimate of drug-likeness (QED) is 0.501. The van der Waals surface area contributed by atoms with Gasteiger partial charge in [0.05, 0.1) is 6.07 Å². The normalized spacial score (nSPS) is 15.4. The standard InChI is InChI=1S/C23H37N/c1-17(2)14-21(19-12-10-9-11-13-19)23(7,8)22(5,6)15-20(16-24)18(3)4/h9-13,17-18,20-21H,14-15H2,1-8H3. The molecule has 0 amide bonds. The molecule has 0 saturated heterocycles. The molecule has 2 unspecified atom stereocenters. The van der Waals surface area contributed by atoms with Crippen molar-refractivity contribution in [1.82, 2.24) is 0 Å². The molecular formula is C23H37N. The lowest BCUT2D eigenvalue weighted by Crippen LogP contribution is -2.40. The maximum Gasteiger partial charge on any atom is 0.0658 e. The van der Waals surface area contributed by atoms with Gasteiger partial charge in [0.25, 0.3) is 0 Å². The number of nitrogens with zero attached hydrogens (tertiary/aromatic N) is 1. The second-order valence-electron chi connectivity index (χ2n) is 9.38. The van der Waals surface area contributed by atoms with Crippen LogP contribution in [0.3, 0.4) is 0 Å². The highest BCUT2D eigenvalue weighted by molar-refractivity contribution is 5.23. The van der Waals surface area contributed by atoms with Crippen LogP contribution in [-0.2, 0) is 0 Å². The van der Waals surface area contributed by atoms with Crippen LogP contribution in [0.4, 0.5) is 0 Å². The summed E-state index contributed by atoms with van der Waals surface area (Å²) in [6, 6.07) is 13.5. The minimum Gasteiger partial charge on any atom is -0.198 e. The highest BCUT2D eigenvalue weighted by atomic mass is 14.5. The van der Waals surface area contributed by atoms with Gasteiger partial charge in [0, 0.05) is 5.92 Å². The second-order valence-corrected chi connectivity index (χ2v) is 9.38. The monoisotopic (exact) mass is 327 g/mol. The smallest absolute Gasteiger partial charge is 0.0658 e. The summed E-state index contributed by atoms with van der Waals surface area (Å²) >= 11 is 0. The molecule has 134 valence electrons. The lowest BCUT2D eigenvalue weighted by Gasteiger charge is -2.49. The van der Waals surface area contributed by atoms with Crippen LogP contribution in [0.5, 0.6) is 0 Å². The molecule has 1 heteroatoms. The van der Waals surface area contributed by atoms with Crippen molar-refractivity contribution in [3.63, 3.8) is 0 Å². The molecule has 1 aromatic rings. The summed E-state index contributed by atoms with van der Waals surface area (Å²) < 4.78 is 0. The molecule has 1 rings (SSSR count). The van der Waals surface area contributed by atoms with E-state index in [0.29, 0.717) is 17.8 Å². The molecule has 0 bridgehead atoms. The van der Waals surface area contributed by atoms with Gasteiger partial charge in [-0.1, -0.05) is 85.7 Å². The Morgan fingerprint density at radius 1 is 0.958 bits per heavy atom. The summed E-state index contributed by atoms with van der Waals surface area (Å²) in [5.41, 5.74) is 1.64. The molecule has 0 aromatic heterocycles. The van der Waals surface area contributed by atoms with Crippen molar-refractivity contribution < 1.29 is 0 Å². The van der Waals surface area contributed by atoms with Crippen molar-refractivity contribution in [3.05, 3.63) is 35.9 Å². The first kappa shape index (κ1) is 20.8. The molecule has 1 aromatic carbocycles. The van der Waals surface area contributed by atoms with Crippen molar-refractivity contribution >= 4 is 0 Å². The van der Waals surface area contributed by atoms with Crippen LogP contribution in [0.15, 0.2) is 30.3 Å². The highest BCUT2D eigenvalue weighted by Crippen LogP contribution is 2.54. The van der Waals surface area contributed by atoms with Gasteiger partial charge in [-0.3, -0.25) is 0 Å². The van der Waals surface area contributed by atoms with Crippen molar-refractivity contribution in [2.45, 2.75) is 74.1 Å². The van der Waals surface area contributed by atoms with Crippen LogP contribution in [0, 0.1) is 39.9 Å². The molecule has 0 aliphatic rings. The van der Waals surface area contributed by atoms with E-state index in [-0.39, 0.29) is 16.7 Å². The molecule has 0 radical (unpaired) electrons. The van der Waals surface area contributed by atoms with Gasteiger partial charge < -0.3 is 0 Å². The van der Waals surface area contributed by atoms with Gasteiger partial charge >= 0.3 is 0 Å². The van der Waals surface area contributed by atoms with Crippen LogP contribution >= 0.6 is 0 Å². The number of hydrogen-bond donors (Lipinski definition) is 0. The molecule has 24 heavy (non-hydrogen) atoms. The lowest BCUT2D eigenvalue weighted by molar-refractivity contribution is 0.0422. The average Bonchev–Trinajstić information content (AvgIpc) is 2.50. The Morgan fingerprint density at radius 2 is 1.50 bits per heavy atom. The van der Waals surface area contributed by atoms with Gasteiger partial charge in [0.2, 0.25) is 0 Å². The van der Waals surface area contributed by atoms with Crippen molar-refractivity contribution in [2.75, 3.05) is 0 Å². The van der Waals surface area contributed by atoms with E-state index >= 15 is 0 Å². The van der Waals surface area contributed by atoms with E-state index in [0.717, 1.165) is 6.42 Å². The van der Waals surface area contributed by atoms with E-state index in [1.54, 1.807) is 0 Å². The maximum absolute atomic E-state index is 9.58. The Labute approximate surface area is 150 Å². The third-order valence-electron chi connectivity index (χ3n) is 6.23. The van der Waals surface area contributed by atoms with Crippen molar-refractivity contribution in [2.24, 2.45) is 28.6 Å². The first-order valence-electron chi connectivity index (χ1n) is 9.47. The fourth-order valence-electron chi connectivity index (χ4n) is 3.72. The summed E-state index contributed by atoms with van der Waals surface area (Å²) in [5, 5.41) is 9.58. The van der Waals surface area contributed by atoms with Gasteiger partial charge in [-0.15, -0.1) is 0 Å². The fourth-order valence-corrected chi connectivity index (χ4v) is 3.72. The Morgan fingerprint density at radius 3 is 1.92 bits per heavy atom. The zero-order chi connectivity index (χ0) is 18.5. The lowest BCUT2D eigenvalue weighted by atomic mass is 9.55. The van der Waals surface area contributed by atoms with Crippen LogP contribution < -0.4 is 0 Å². The van der Waals surface area contributed by atoms with E-state index in [1.807, 2.05) is 0 Å². The predicted molar refractivity (Wildman–Crippen MR) is 105 cm³/mol. The van der Waals surface area contributed by atoms with Gasteiger partial charge in [-0.25, -0.2) is 0 Å².